The normalized spacial score (nSPS) is 11.6. The Bertz CT molecular complexity index is 353. The minimum atomic E-state index is -0.197. The first-order chi connectivity index (χ1) is 8.06. The van der Waals surface area contributed by atoms with Crippen molar-refractivity contribution < 1.29 is 9.50 Å². The first kappa shape index (κ1) is 14.0. The lowest BCUT2D eigenvalue weighted by molar-refractivity contribution is 0.127. The smallest absolute Gasteiger partial charge is 0.128 e. The van der Waals surface area contributed by atoms with Gasteiger partial charge in [0, 0.05) is 17.6 Å². The van der Waals surface area contributed by atoms with Crippen LogP contribution in [-0.4, -0.2) is 18.3 Å². The van der Waals surface area contributed by atoms with Crippen LogP contribution in [0.4, 0.5) is 10.1 Å². The standard InChI is InChI=1S/C14H22FNO/c1-4-14(5-2,10-17)9-16-12-7-6-11(3)13(15)8-12/h6-8,16-17H,4-5,9-10H2,1-3H3. The number of aliphatic hydroxyl groups excluding tert-OH is 1. The number of hydrogen-bond donors (Lipinski definition) is 2. The molecule has 1 aromatic carbocycles. The molecule has 0 saturated heterocycles. The van der Waals surface area contributed by atoms with E-state index in [1.807, 2.05) is 6.07 Å². The number of anilines is 1. The van der Waals surface area contributed by atoms with E-state index < -0.39 is 0 Å². The summed E-state index contributed by atoms with van der Waals surface area (Å²) in [5.74, 6) is -0.197. The van der Waals surface area contributed by atoms with Crippen molar-refractivity contribution in [1.82, 2.24) is 0 Å². The van der Waals surface area contributed by atoms with Crippen LogP contribution in [0.15, 0.2) is 18.2 Å². The van der Waals surface area contributed by atoms with Crippen molar-refractivity contribution in [2.75, 3.05) is 18.5 Å². The molecule has 0 aliphatic carbocycles. The lowest BCUT2D eigenvalue weighted by atomic mass is 9.83. The second-order valence-corrected chi connectivity index (χ2v) is 4.68. The summed E-state index contributed by atoms with van der Waals surface area (Å²) in [5, 5.41) is 12.6. The molecule has 1 aromatic rings. The monoisotopic (exact) mass is 239 g/mol. The van der Waals surface area contributed by atoms with Crippen molar-refractivity contribution in [3.63, 3.8) is 0 Å². The molecule has 0 spiro atoms. The summed E-state index contributed by atoms with van der Waals surface area (Å²) >= 11 is 0. The van der Waals surface area contributed by atoms with Crippen LogP contribution in [-0.2, 0) is 0 Å². The van der Waals surface area contributed by atoms with Crippen molar-refractivity contribution in [1.29, 1.82) is 0 Å². The molecule has 0 fully saturated rings. The van der Waals surface area contributed by atoms with Gasteiger partial charge in [0.1, 0.15) is 5.82 Å². The maximum atomic E-state index is 13.4. The Morgan fingerprint density at radius 3 is 2.41 bits per heavy atom. The van der Waals surface area contributed by atoms with Crippen molar-refractivity contribution in [3.8, 4) is 0 Å². The molecule has 0 heterocycles. The van der Waals surface area contributed by atoms with Crippen molar-refractivity contribution in [3.05, 3.63) is 29.6 Å². The summed E-state index contributed by atoms with van der Waals surface area (Å²) in [6, 6.07) is 5.13. The van der Waals surface area contributed by atoms with E-state index in [1.165, 1.54) is 6.07 Å². The largest absolute Gasteiger partial charge is 0.396 e. The average Bonchev–Trinajstić information content (AvgIpc) is 2.36. The van der Waals surface area contributed by atoms with Gasteiger partial charge in [0.05, 0.1) is 6.61 Å². The van der Waals surface area contributed by atoms with Crippen LogP contribution in [0.3, 0.4) is 0 Å². The third-order valence-corrected chi connectivity index (χ3v) is 3.67. The molecular formula is C14H22FNO. The highest BCUT2D eigenvalue weighted by Gasteiger charge is 2.24. The number of halogens is 1. The topological polar surface area (TPSA) is 32.3 Å². The predicted octanol–water partition coefficient (Wildman–Crippen LogP) is 3.34. The molecular weight excluding hydrogens is 217 g/mol. The third-order valence-electron chi connectivity index (χ3n) is 3.67. The van der Waals surface area contributed by atoms with E-state index in [0.717, 1.165) is 18.5 Å². The molecule has 0 aliphatic heterocycles. The van der Waals surface area contributed by atoms with Gasteiger partial charge in [-0.05, 0) is 37.5 Å². The van der Waals surface area contributed by atoms with Gasteiger partial charge in [-0.25, -0.2) is 4.39 Å². The molecule has 2 nitrogen and oxygen atoms in total. The molecule has 2 N–H and O–H groups in total. The van der Waals surface area contributed by atoms with Gasteiger partial charge in [-0.15, -0.1) is 0 Å². The van der Waals surface area contributed by atoms with Gasteiger partial charge in [0.25, 0.3) is 0 Å². The molecule has 0 saturated carbocycles. The highest BCUT2D eigenvalue weighted by molar-refractivity contribution is 5.45. The van der Waals surface area contributed by atoms with Crippen LogP contribution < -0.4 is 5.32 Å². The minimum absolute atomic E-state index is 0.110. The zero-order valence-corrected chi connectivity index (χ0v) is 10.9. The Hall–Kier alpha value is -1.09. The molecule has 17 heavy (non-hydrogen) atoms. The zero-order chi connectivity index (χ0) is 12.9. The molecule has 0 bridgehead atoms. The molecule has 0 unspecified atom stereocenters. The van der Waals surface area contributed by atoms with E-state index in [2.05, 4.69) is 19.2 Å². The number of aliphatic hydroxyl groups is 1. The van der Waals surface area contributed by atoms with Gasteiger partial charge in [-0.1, -0.05) is 19.9 Å². The fourth-order valence-corrected chi connectivity index (χ4v) is 1.77. The van der Waals surface area contributed by atoms with E-state index in [-0.39, 0.29) is 17.8 Å². The fourth-order valence-electron chi connectivity index (χ4n) is 1.77. The van der Waals surface area contributed by atoms with Crippen LogP contribution in [0.5, 0.6) is 0 Å². The lowest BCUT2D eigenvalue weighted by Gasteiger charge is -2.30. The van der Waals surface area contributed by atoms with Gasteiger partial charge in [0.15, 0.2) is 0 Å². The summed E-state index contributed by atoms with van der Waals surface area (Å²) < 4.78 is 13.4. The number of benzene rings is 1. The summed E-state index contributed by atoms with van der Waals surface area (Å²) in [5.41, 5.74) is 1.31. The quantitative estimate of drug-likeness (QED) is 0.798. The van der Waals surface area contributed by atoms with E-state index >= 15 is 0 Å². The third kappa shape index (κ3) is 3.43. The average molecular weight is 239 g/mol. The molecule has 3 heteroatoms. The highest BCUT2D eigenvalue weighted by Crippen LogP contribution is 2.26. The van der Waals surface area contributed by atoms with Gasteiger partial charge >= 0.3 is 0 Å². The van der Waals surface area contributed by atoms with E-state index in [1.54, 1.807) is 13.0 Å². The maximum Gasteiger partial charge on any atom is 0.128 e. The molecule has 0 radical (unpaired) electrons. The second kappa shape index (κ2) is 6.01. The van der Waals surface area contributed by atoms with Crippen LogP contribution in [0, 0.1) is 18.2 Å². The molecule has 0 amide bonds. The zero-order valence-electron chi connectivity index (χ0n) is 10.9. The highest BCUT2D eigenvalue weighted by atomic mass is 19.1. The van der Waals surface area contributed by atoms with E-state index in [4.69, 9.17) is 0 Å². The summed E-state index contributed by atoms with van der Waals surface area (Å²) in [7, 11) is 0. The van der Waals surface area contributed by atoms with E-state index in [0.29, 0.717) is 12.1 Å². The molecule has 0 aromatic heterocycles. The molecule has 96 valence electrons. The minimum Gasteiger partial charge on any atom is -0.396 e. The number of nitrogens with one attached hydrogen (secondary N) is 1. The second-order valence-electron chi connectivity index (χ2n) is 4.68. The number of hydrogen-bond acceptors (Lipinski definition) is 2. The first-order valence-corrected chi connectivity index (χ1v) is 6.18. The molecule has 0 atom stereocenters. The number of aryl methyl sites for hydroxylation is 1. The SMILES string of the molecule is CCC(CC)(CO)CNc1ccc(C)c(F)c1. The van der Waals surface area contributed by atoms with Gasteiger partial charge in [-0.3, -0.25) is 0 Å². The van der Waals surface area contributed by atoms with Gasteiger partial charge in [-0.2, -0.15) is 0 Å². The van der Waals surface area contributed by atoms with Crippen LogP contribution in [0.1, 0.15) is 32.3 Å². The van der Waals surface area contributed by atoms with Crippen molar-refractivity contribution in [2.45, 2.75) is 33.6 Å². The van der Waals surface area contributed by atoms with Gasteiger partial charge < -0.3 is 10.4 Å². The Morgan fingerprint density at radius 1 is 1.29 bits per heavy atom. The Morgan fingerprint density at radius 2 is 1.94 bits per heavy atom. The van der Waals surface area contributed by atoms with Crippen LogP contribution in [0.2, 0.25) is 0 Å². The number of rotatable bonds is 6. The fraction of sp³-hybridized carbons (Fsp3) is 0.571. The molecule has 0 aliphatic rings. The molecule has 1 rings (SSSR count). The van der Waals surface area contributed by atoms with Crippen molar-refractivity contribution >= 4 is 5.69 Å². The van der Waals surface area contributed by atoms with Crippen LogP contribution in [0.25, 0.3) is 0 Å². The lowest BCUT2D eigenvalue weighted by Crippen LogP contribution is -2.32. The predicted molar refractivity (Wildman–Crippen MR) is 69.7 cm³/mol. The summed E-state index contributed by atoms with van der Waals surface area (Å²) in [4.78, 5) is 0. The first-order valence-electron chi connectivity index (χ1n) is 6.18. The van der Waals surface area contributed by atoms with Crippen molar-refractivity contribution in [2.24, 2.45) is 5.41 Å². The maximum absolute atomic E-state index is 13.4. The van der Waals surface area contributed by atoms with Gasteiger partial charge in [0.2, 0.25) is 0 Å². The Kier molecular flexibility index (Phi) is 4.94. The summed E-state index contributed by atoms with van der Waals surface area (Å²) in [6.07, 6.45) is 1.81. The summed E-state index contributed by atoms with van der Waals surface area (Å²) in [6.45, 7) is 6.70. The Labute approximate surface area is 103 Å². The van der Waals surface area contributed by atoms with Crippen LogP contribution >= 0.6 is 0 Å². The Balaban J connectivity index is 2.68. The van der Waals surface area contributed by atoms with E-state index in [9.17, 15) is 9.50 Å².